The fourth-order valence-electron chi connectivity index (χ4n) is 3.48. The van der Waals surface area contributed by atoms with E-state index in [1.54, 1.807) is 0 Å². The van der Waals surface area contributed by atoms with Crippen LogP contribution in [0.5, 0.6) is 0 Å². The Kier molecular flexibility index (Phi) is 5.27. The normalized spacial score (nSPS) is 21.4. The van der Waals surface area contributed by atoms with E-state index in [4.69, 9.17) is 4.74 Å². The highest BCUT2D eigenvalue weighted by atomic mass is 16.5. The van der Waals surface area contributed by atoms with E-state index in [0.29, 0.717) is 5.92 Å². The summed E-state index contributed by atoms with van der Waals surface area (Å²) in [6.45, 7) is 9.19. The average molecular weight is 337 g/mol. The molecule has 1 aliphatic heterocycles. The van der Waals surface area contributed by atoms with Gasteiger partial charge in [-0.15, -0.1) is 0 Å². The first-order valence-corrected chi connectivity index (χ1v) is 8.97. The van der Waals surface area contributed by atoms with E-state index in [-0.39, 0.29) is 12.2 Å². The molecule has 132 valence electrons. The molecule has 1 fully saturated rings. The van der Waals surface area contributed by atoms with Crippen molar-refractivity contribution in [3.05, 3.63) is 58.9 Å². The molecule has 25 heavy (non-hydrogen) atoms. The van der Waals surface area contributed by atoms with Gasteiger partial charge in [-0.1, -0.05) is 44.2 Å². The summed E-state index contributed by atoms with van der Waals surface area (Å²) in [7, 11) is 1.96. The molecular weight excluding hydrogens is 310 g/mol. The van der Waals surface area contributed by atoms with Crippen LogP contribution in [-0.2, 0) is 18.3 Å². The predicted octanol–water partition coefficient (Wildman–Crippen LogP) is 3.80. The predicted molar refractivity (Wildman–Crippen MR) is 99.0 cm³/mol. The van der Waals surface area contributed by atoms with Crippen molar-refractivity contribution in [3.8, 4) is 6.07 Å². The molecule has 0 saturated carbocycles. The van der Waals surface area contributed by atoms with Gasteiger partial charge in [-0.3, -0.25) is 4.90 Å². The van der Waals surface area contributed by atoms with Gasteiger partial charge in [-0.25, -0.2) is 0 Å². The van der Waals surface area contributed by atoms with Crippen LogP contribution in [-0.4, -0.2) is 28.7 Å². The minimum absolute atomic E-state index is 0.0989. The molecule has 0 N–H and O–H groups in total. The molecule has 0 amide bonds. The van der Waals surface area contributed by atoms with Gasteiger partial charge in [0.05, 0.1) is 12.2 Å². The minimum atomic E-state index is 0.0989. The number of hydrogen-bond donors (Lipinski definition) is 0. The van der Waals surface area contributed by atoms with Crippen LogP contribution in [0.1, 0.15) is 42.5 Å². The van der Waals surface area contributed by atoms with Crippen LogP contribution in [0.3, 0.4) is 0 Å². The number of hydrogen-bond acceptors (Lipinski definition) is 3. The largest absolute Gasteiger partial charge is 0.367 e. The van der Waals surface area contributed by atoms with E-state index in [9.17, 15) is 5.26 Å². The zero-order chi connectivity index (χ0) is 18.0. The molecule has 0 unspecified atom stereocenters. The van der Waals surface area contributed by atoms with Crippen molar-refractivity contribution in [3.63, 3.8) is 0 Å². The number of benzene rings is 1. The second kappa shape index (κ2) is 7.43. The molecule has 1 aliphatic rings. The van der Waals surface area contributed by atoms with Crippen LogP contribution in [0, 0.1) is 24.2 Å². The molecule has 0 bridgehead atoms. The van der Waals surface area contributed by atoms with Crippen LogP contribution in [0.15, 0.2) is 36.4 Å². The maximum Gasteiger partial charge on any atom is 0.120 e. The molecule has 0 spiro atoms. The summed E-state index contributed by atoms with van der Waals surface area (Å²) in [6.07, 6.45) is 0.320. The Hall–Kier alpha value is -2.09. The molecule has 2 aromatic rings. The van der Waals surface area contributed by atoms with Gasteiger partial charge in [0.1, 0.15) is 11.8 Å². The van der Waals surface area contributed by atoms with E-state index in [1.165, 1.54) is 16.8 Å². The van der Waals surface area contributed by atoms with Gasteiger partial charge in [-0.05, 0) is 30.0 Å². The number of aromatic nitrogens is 1. The molecule has 3 rings (SSSR count). The molecule has 1 saturated heterocycles. The monoisotopic (exact) mass is 337 g/mol. The molecule has 0 radical (unpaired) electrons. The van der Waals surface area contributed by atoms with E-state index in [2.05, 4.69) is 56.0 Å². The molecule has 1 aromatic heterocycles. The number of nitriles is 1. The van der Waals surface area contributed by atoms with Gasteiger partial charge in [0.2, 0.25) is 0 Å². The second-order valence-corrected chi connectivity index (χ2v) is 7.32. The van der Waals surface area contributed by atoms with Gasteiger partial charge in [-0.2, -0.15) is 5.26 Å². The number of rotatable bonds is 4. The van der Waals surface area contributed by atoms with Crippen molar-refractivity contribution in [2.45, 2.75) is 39.5 Å². The number of ether oxygens (including phenoxy) is 1. The first kappa shape index (κ1) is 17.7. The fourth-order valence-corrected chi connectivity index (χ4v) is 3.48. The van der Waals surface area contributed by atoms with Crippen LogP contribution in [0.2, 0.25) is 0 Å². The third-order valence-corrected chi connectivity index (χ3v) is 5.26. The molecule has 4 nitrogen and oxygen atoms in total. The Balaban J connectivity index is 1.81. The van der Waals surface area contributed by atoms with Gasteiger partial charge in [0.25, 0.3) is 0 Å². The summed E-state index contributed by atoms with van der Waals surface area (Å²) in [5.74, 6) is 0.473. The number of morpholine rings is 1. The van der Waals surface area contributed by atoms with Crippen molar-refractivity contribution in [2.24, 2.45) is 13.0 Å². The summed E-state index contributed by atoms with van der Waals surface area (Å²) < 4.78 is 8.36. The lowest BCUT2D eigenvalue weighted by atomic mass is 10.0. The Morgan fingerprint density at radius 1 is 1.24 bits per heavy atom. The summed E-state index contributed by atoms with van der Waals surface area (Å²) in [4.78, 5) is 2.47. The smallest absolute Gasteiger partial charge is 0.120 e. The van der Waals surface area contributed by atoms with E-state index in [0.717, 1.165) is 25.3 Å². The Bertz CT molecular complexity index is 757. The van der Waals surface area contributed by atoms with E-state index < -0.39 is 0 Å². The SMILES string of the molecule is Cc1c(CN2C[C@@H](c3ccccc3)O[C@@H](C(C)C)C2)cc(C#N)n1C. The minimum Gasteiger partial charge on any atom is -0.367 e. The summed E-state index contributed by atoms with van der Waals surface area (Å²) >= 11 is 0. The maximum atomic E-state index is 9.26. The molecule has 0 aliphatic carbocycles. The lowest BCUT2D eigenvalue weighted by Gasteiger charge is -2.40. The third kappa shape index (κ3) is 3.78. The summed E-state index contributed by atoms with van der Waals surface area (Å²) in [5.41, 5.74) is 4.36. The van der Waals surface area contributed by atoms with Crippen LogP contribution in [0.25, 0.3) is 0 Å². The summed E-state index contributed by atoms with van der Waals surface area (Å²) in [6, 6.07) is 14.8. The van der Waals surface area contributed by atoms with Gasteiger partial charge in [0, 0.05) is 32.4 Å². The van der Waals surface area contributed by atoms with Crippen LogP contribution in [0.4, 0.5) is 0 Å². The Labute approximate surface area is 150 Å². The topological polar surface area (TPSA) is 41.2 Å². The van der Waals surface area contributed by atoms with E-state index in [1.807, 2.05) is 23.7 Å². The van der Waals surface area contributed by atoms with Crippen molar-refractivity contribution in [1.82, 2.24) is 9.47 Å². The van der Waals surface area contributed by atoms with Crippen molar-refractivity contribution in [2.75, 3.05) is 13.1 Å². The highest BCUT2D eigenvalue weighted by Gasteiger charge is 2.31. The zero-order valence-electron chi connectivity index (χ0n) is 15.6. The van der Waals surface area contributed by atoms with Crippen molar-refractivity contribution < 1.29 is 4.74 Å². The Morgan fingerprint density at radius 2 is 1.96 bits per heavy atom. The quantitative estimate of drug-likeness (QED) is 0.852. The standard InChI is InChI=1S/C21H27N3O/c1-15(2)20-13-24(12-18-10-19(11-22)23(4)16(18)3)14-21(25-20)17-8-6-5-7-9-17/h5-10,15,20-21H,12-14H2,1-4H3/t20-,21+/m1/s1. The van der Waals surface area contributed by atoms with Crippen LogP contribution >= 0.6 is 0 Å². The van der Waals surface area contributed by atoms with Gasteiger partial charge in [0.15, 0.2) is 0 Å². The van der Waals surface area contributed by atoms with Crippen molar-refractivity contribution >= 4 is 0 Å². The van der Waals surface area contributed by atoms with Crippen molar-refractivity contribution in [1.29, 1.82) is 5.26 Å². The second-order valence-electron chi connectivity index (χ2n) is 7.32. The lowest BCUT2D eigenvalue weighted by molar-refractivity contribution is -0.107. The van der Waals surface area contributed by atoms with E-state index >= 15 is 0 Å². The molecule has 2 atom stereocenters. The average Bonchev–Trinajstić information content (AvgIpc) is 2.90. The highest BCUT2D eigenvalue weighted by Crippen LogP contribution is 2.29. The lowest BCUT2D eigenvalue weighted by Crippen LogP contribution is -2.45. The number of nitrogens with zero attached hydrogens (tertiary/aromatic N) is 3. The van der Waals surface area contributed by atoms with Crippen LogP contribution < -0.4 is 0 Å². The molecule has 1 aromatic carbocycles. The fraction of sp³-hybridized carbons (Fsp3) is 0.476. The first-order chi connectivity index (χ1) is 12.0. The Morgan fingerprint density at radius 3 is 2.56 bits per heavy atom. The molecule has 4 heteroatoms. The highest BCUT2D eigenvalue weighted by molar-refractivity contribution is 5.34. The molecular formula is C21H27N3O. The molecule has 2 heterocycles. The third-order valence-electron chi connectivity index (χ3n) is 5.26. The van der Waals surface area contributed by atoms with Gasteiger partial charge < -0.3 is 9.30 Å². The van der Waals surface area contributed by atoms with Gasteiger partial charge >= 0.3 is 0 Å². The zero-order valence-corrected chi connectivity index (χ0v) is 15.6. The maximum absolute atomic E-state index is 9.26. The first-order valence-electron chi connectivity index (χ1n) is 8.97. The summed E-state index contributed by atoms with van der Waals surface area (Å²) in [5, 5.41) is 9.26.